The van der Waals surface area contributed by atoms with Crippen molar-refractivity contribution in [1.29, 1.82) is 0 Å². The molecule has 1 aliphatic rings. The molecule has 5 heteroatoms. The van der Waals surface area contributed by atoms with Crippen LogP contribution in [0.3, 0.4) is 0 Å². The lowest BCUT2D eigenvalue weighted by Gasteiger charge is -2.09. The minimum absolute atomic E-state index is 0.0549. The number of hydrogen-bond acceptors (Lipinski definition) is 3. The van der Waals surface area contributed by atoms with Crippen LogP contribution in [0.2, 0.25) is 0 Å². The molecule has 0 saturated carbocycles. The van der Waals surface area contributed by atoms with Crippen molar-refractivity contribution in [2.75, 3.05) is 5.32 Å². The number of nitrogens with one attached hydrogen (secondary N) is 1. The number of benzene rings is 3. The van der Waals surface area contributed by atoms with Gasteiger partial charge in [0.15, 0.2) is 5.78 Å². The molecule has 0 spiro atoms. The van der Waals surface area contributed by atoms with E-state index in [0.29, 0.717) is 28.9 Å². The summed E-state index contributed by atoms with van der Waals surface area (Å²) in [7, 11) is 0. The molecule has 4 aromatic rings. The second kappa shape index (κ2) is 7.54. The second-order valence-electron chi connectivity index (χ2n) is 7.45. The Morgan fingerprint density at radius 3 is 2.23 bits per heavy atom. The van der Waals surface area contributed by atoms with E-state index in [2.05, 4.69) is 5.32 Å². The number of pyridine rings is 1. The summed E-state index contributed by atoms with van der Waals surface area (Å²) in [6.45, 7) is 0.460. The maximum Gasteiger partial charge on any atom is 0.255 e. The van der Waals surface area contributed by atoms with E-state index in [0.717, 1.165) is 16.7 Å². The second-order valence-corrected chi connectivity index (χ2v) is 7.45. The van der Waals surface area contributed by atoms with Gasteiger partial charge in [0.2, 0.25) is 0 Å². The number of amides is 1. The molecule has 1 amide bonds. The predicted octanol–water partition coefficient (Wildman–Crippen LogP) is 4.36. The molecule has 0 radical (unpaired) electrons. The first-order chi connectivity index (χ1) is 15.1. The molecule has 5 rings (SSSR count). The van der Waals surface area contributed by atoms with Gasteiger partial charge in [0.1, 0.15) is 0 Å². The highest BCUT2D eigenvalue weighted by atomic mass is 16.2. The fraction of sp³-hybridized carbons (Fsp3) is 0.0385. The minimum Gasteiger partial charge on any atom is -0.322 e. The minimum atomic E-state index is -0.279. The first-order valence-corrected chi connectivity index (χ1v) is 9.94. The average Bonchev–Trinajstić information content (AvgIpc) is 3.08. The summed E-state index contributed by atoms with van der Waals surface area (Å²) >= 11 is 0. The predicted molar refractivity (Wildman–Crippen MR) is 120 cm³/mol. The molecular weight excluding hydrogens is 388 g/mol. The standard InChI is InChI=1S/C26H18N2O3/c29-24-7-3-4-14-28(24)16-17-8-11-19(12-9-17)27-26(31)18-10-13-21-20-5-1-2-6-22(20)25(30)23(21)15-18/h1-15H,16H2,(H,27,31). The quantitative estimate of drug-likeness (QED) is 0.482. The van der Waals surface area contributed by atoms with Crippen molar-refractivity contribution in [2.24, 2.45) is 0 Å². The summed E-state index contributed by atoms with van der Waals surface area (Å²) in [5.41, 5.74) is 4.95. The molecule has 1 N–H and O–H groups in total. The monoisotopic (exact) mass is 406 g/mol. The molecule has 1 aliphatic carbocycles. The van der Waals surface area contributed by atoms with Crippen molar-refractivity contribution >= 4 is 17.4 Å². The molecule has 0 unspecified atom stereocenters. The van der Waals surface area contributed by atoms with Crippen LogP contribution in [0.25, 0.3) is 11.1 Å². The lowest BCUT2D eigenvalue weighted by molar-refractivity contribution is 0.102. The van der Waals surface area contributed by atoms with Gasteiger partial charge in [-0.25, -0.2) is 0 Å². The van der Waals surface area contributed by atoms with Gasteiger partial charge in [-0.2, -0.15) is 0 Å². The Kier molecular flexibility index (Phi) is 4.56. The van der Waals surface area contributed by atoms with Crippen LogP contribution < -0.4 is 10.9 Å². The van der Waals surface area contributed by atoms with Gasteiger partial charge in [-0.3, -0.25) is 14.4 Å². The first kappa shape index (κ1) is 18.8. The van der Waals surface area contributed by atoms with Crippen LogP contribution in [-0.2, 0) is 6.54 Å². The maximum atomic E-state index is 12.7. The highest BCUT2D eigenvalue weighted by molar-refractivity contribution is 6.22. The third kappa shape index (κ3) is 3.46. The first-order valence-electron chi connectivity index (χ1n) is 9.94. The Balaban J connectivity index is 1.33. The zero-order valence-corrected chi connectivity index (χ0v) is 16.5. The van der Waals surface area contributed by atoms with Crippen molar-refractivity contribution in [3.8, 4) is 11.1 Å². The summed E-state index contributed by atoms with van der Waals surface area (Å²) < 4.78 is 1.62. The van der Waals surface area contributed by atoms with Crippen LogP contribution in [0.4, 0.5) is 5.69 Å². The summed E-state index contributed by atoms with van der Waals surface area (Å²) in [4.78, 5) is 37.3. The van der Waals surface area contributed by atoms with Gasteiger partial charge in [0.05, 0.1) is 6.54 Å². The van der Waals surface area contributed by atoms with Crippen LogP contribution in [0.15, 0.2) is 95.9 Å². The third-order valence-electron chi connectivity index (χ3n) is 5.45. The number of aromatic nitrogens is 1. The molecule has 1 heterocycles. The molecule has 0 atom stereocenters. The number of nitrogens with zero attached hydrogens (tertiary/aromatic N) is 1. The van der Waals surface area contributed by atoms with Gasteiger partial charge in [0, 0.05) is 34.6 Å². The highest BCUT2D eigenvalue weighted by Crippen LogP contribution is 2.36. The van der Waals surface area contributed by atoms with Crippen molar-refractivity contribution in [3.05, 3.63) is 124 Å². The number of hydrogen-bond donors (Lipinski definition) is 1. The molecule has 31 heavy (non-hydrogen) atoms. The van der Waals surface area contributed by atoms with Gasteiger partial charge >= 0.3 is 0 Å². The molecule has 150 valence electrons. The van der Waals surface area contributed by atoms with Crippen LogP contribution in [0.1, 0.15) is 31.8 Å². The fourth-order valence-electron chi connectivity index (χ4n) is 3.85. The topological polar surface area (TPSA) is 68.2 Å². The summed E-state index contributed by atoms with van der Waals surface area (Å²) in [6.07, 6.45) is 1.74. The smallest absolute Gasteiger partial charge is 0.255 e. The number of rotatable bonds is 4. The highest BCUT2D eigenvalue weighted by Gasteiger charge is 2.27. The van der Waals surface area contributed by atoms with Crippen molar-refractivity contribution in [2.45, 2.75) is 6.54 Å². The normalized spacial score (nSPS) is 11.7. The van der Waals surface area contributed by atoms with Crippen LogP contribution in [0, 0.1) is 0 Å². The van der Waals surface area contributed by atoms with Crippen LogP contribution in [0.5, 0.6) is 0 Å². The van der Waals surface area contributed by atoms with Crippen molar-refractivity contribution in [1.82, 2.24) is 4.57 Å². The van der Waals surface area contributed by atoms with E-state index in [-0.39, 0.29) is 17.2 Å². The average molecular weight is 406 g/mol. The molecule has 3 aromatic carbocycles. The van der Waals surface area contributed by atoms with E-state index >= 15 is 0 Å². The van der Waals surface area contributed by atoms with Crippen LogP contribution in [-0.4, -0.2) is 16.3 Å². The molecule has 0 saturated heterocycles. The Labute approximate surface area is 178 Å². The fourth-order valence-corrected chi connectivity index (χ4v) is 3.85. The number of anilines is 1. The number of carbonyl (C=O) groups excluding carboxylic acids is 2. The van der Waals surface area contributed by atoms with E-state index in [9.17, 15) is 14.4 Å². The summed E-state index contributed by atoms with van der Waals surface area (Å²) in [5.74, 6) is -0.334. The maximum absolute atomic E-state index is 12.7. The third-order valence-corrected chi connectivity index (χ3v) is 5.45. The van der Waals surface area contributed by atoms with E-state index in [1.54, 1.807) is 41.1 Å². The molecule has 0 fully saturated rings. The number of fused-ring (bicyclic) bond motifs is 3. The van der Waals surface area contributed by atoms with Gasteiger partial charge in [-0.15, -0.1) is 0 Å². The molecule has 5 nitrogen and oxygen atoms in total. The molecule has 0 aliphatic heterocycles. The van der Waals surface area contributed by atoms with E-state index in [1.165, 1.54) is 6.07 Å². The zero-order valence-electron chi connectivity index (χ0n) is 16.5. The molecular formula is C26H18N2O3. The number of ketones is 1. The van der Waals surface area contributed by atoms with E-state index in [1.807, 2.05) is 48.5 Å². The molecule has 1 aromatic heterocycles. The zero-order chi connectivity index (χ0) is 21.4. The van der Waals surface area contributed by atoms with Gasteiger partial charge in [0.25, 0.3) is 11.5 Å². The van der Waals surface area contributed by atoms with Crippen molar-refractivity contribution in [3.63, 3.8) is 0 Å². The Hall–Kier alpha value is -4.25. The molecule has 0 bridgehead atoms. The van der Waals surface area contributed by atoms with E-state index < -0.39 is 0 Å². The number of carbonyl (C=O) groups is 2. The lowest BCUT2D eigenvalue weighted by Crippen LogP contribution is -2.18. The SMILES string of the molecule is O=C(Nc1ccc(Cn2ccccc2=O)cc1)c1ccc2c(c1)C(=O)c1ccccc1-2. The Morgan fingerprint density at radius 1 is 0.742 bits per heavy atom. The van der Waals surface area contributed by atoms with E-state index in [4.69, 9.17) is 0 Å². The Bertz CT molecular complexity index is 1380. The van der Waals surface area contributed by atoms with Crippen molar-refractivity contribution < 1.29 is 9.59 Å². The lowest BCUT2D eigenvalue weighted by atomic mass is 10.0. The summed E-state index contributed by atoms with van der Waals surface area (Å²) in [5, 5.41) is 2.87. The van der Waals surface area contributed by atoms with Crippen LogP contribution >= 0.6 is 0 Å². The largest absolute Gasteiger partial charge is 0.322 e. The van der Waals surface area contributed by atoms with Gasteiger partial charge in [-0.05, 0) is 47.0 Å². The Morgan fingerprint density at radius 2 is 1.45 bits per heavy atom. The van der Waals surface area contributed by atoms with Gasteiger partial charge < -0.3 is 9.88 Å². The summed E-state index contributed by atoms with van der Waals surface area (Å²) in [6, 6.07) is 25.1. The van der Waals surface area contributed by atoms with Gasteiger partial charge in [-0.1, -0.05) is 48.5 Å².